The molecular weight excluding hydrogens is 288 g/mol. The van der Waals surface area contributed by atoms with Crippen LogP contribution in [0.3, 0.4) is 0 Å². The second kappa shape index (κ2) is 13.3. The van der Waals surface area contributed by atoms with Gasteiger partial charge in [0.1, 0.15) is 0 Å². The van der Waals surface area contributed by atoms with Gasteiger partial charge in [0.2, 0.25) is 0 Å². The van der Waals surface area contributed by atoms with Crippen LogP contribution in [0.5, 0.6) is 0 Å². The topological polar surface area (TPSA) is 0 Å². The van der Waals surface area contributed by atoms with Crippen molar-refractivity contribution in [2.45, 2.75) is 91.9 Å². The van der Waals surface area contributed by atoms with Crippen molar-refractivity contribution in [2.24, 2.45) is 11.8 Å². The van der Waals surface area contributed by atoms with Crippen LogP contribution < -0.4 is 0 Å². The van der Waals surface area contributed by atoms with E-state index in [9.17, 15) is 0 Å². The maximum atomic E-state index is 2.46. The molecule has 1 aliphatic carbocycles. The van der Waals surface area contributed by atoms with Crippen molar-refractivity contribution in [3.8, 4) is 0 Å². The SMILES string of the molecule is CCCC=CCC=CC1=C(C=CCCCC)C(CC)CC(CC)C1. The van der Waals surface area contributed by atoms with Crippen LogP contribution in [0.4, 0.5) is 0 Å². The number of rotatable bonds is 11. The first-order valence-electron chi connectivity index (χ1n) is 10.5. The fourth-order valence-electron chi connectivity index (χ4n) is 3.61. The summed E-state index contributed by atoms with van der Waals surface area (Å²) >= 11 is 0. The minimum Gasteiger partial charge on any atom is -0.0882 e. The van der Waals surface area contributed by atoms with Crippen LogP contribution in [0.25, 0.3) is 0 Å². The molecule has 2 atom stereocenters. The van der Waals surface area contributed by atoms with Gasteiger partial charge in [-0.1, -0.05) is 89.8 Å². The molecule has 1 rings (SSSR count). The molecule has 0 nitrogen and oxygen atoms in total. The van der Waals surface area contributed by atoms with Crippen molar-refractivity contribution in [3.63, 3.8) is 0 Å². The zero-order chi connectivity index (χ0) is 17.6. The fraction of sp³-hybridized carbons (Fsp3) is 0.667. The maximum absolute atomic E-state index is 2.46. The summed E-state index contributed by atoms with van der Waals surface area (Å²) < 4.78 is 0. The highest BCUT2D eigenvalue weighted by Crippen LogP contribution is 2.38. The Bertz CT molecular complexity index is 433. The van der Waals surface area contributed by atoms with Gasteiger partial charge in [0, 0.05) is 0 Å². The number of hydrogen-bond donors (Lipinski definition) is 0. The summed E-state index contributed by atoms with van der Waals surface area (Å²) in [4.78, 5) is 0. The molecule has 0 aromatic carbocycles. The van der Waals surface area contributed by atoms with Gasteiger partial charge in [-0.2, -0.15) is 0 Å². The van der Waals surface area contributed by atoms with Crippen LogP contribution in [0.2, 0.25) is 0 Å². The fourth-order valence-corrected chi connectivity index (χ4v) is 3.61. The quantitative estimate of drug-likeness (QED) is 0.265. The summed E-state index contributed by atoms with van der Waals surface area (Å²) in [5.41, 5.74) is 3.24. The molecule has 0 aromatic heterocycles. The Morgan fingerprint density at radius 1 is 0.833 bits per heavy atom. The first-order valence-corrected chi connectivity index (χ1v) is 10.5. The highest BCUT2D eigenvalue weighted by atomic mass is 14.3. The highest BCUT2D eigenvalue weighted by Gasteiger charge is 2.24. The molecule has 0 bridgehead atoms. The van der Waals surface area contributed by atoms with E-state index in [1.807, 2.05) is 0 Å². The van der Waals surface area contributed by atoms with Crippen LogP contribution in [-0.2, 0) is 0 Å². The lowest BCUT2D eigenvalue weighted by atomic mass is 9.74. The lowest BCUT2D eigenvalue weighted by Crippen LogP contribution is -2.17. The summed E-state index contributed by atoms with van der Waals surface area (Å²) in [7, 11) is 0. The molecule has 0 saturated heterocycles. The molecule has 0 heteroatoms. The van der Waals surface area contributed by atoms with E-state index in [0.29, 0.717) is 0 Å². The molecule has 0 radical (unpaired) electrons. The van der Waals surface area contributed by atoms with Crippen LogP contribution in [0, 0.1) is 11.8 Å². The predicted molar refractivity (Wildman–Crippen MR) is 110 cm³/mol. The van der Waals surface area contributed by atoms with E-state index in [0.717, 1.165) is 18.3 Å². The molecule has 24 heavy (non-hydrogen) atoms. The van der Waals surface area contributed by atoms with Gasteiger partial charge in [-0.05, 0) is 61.5 Å². The van der Waals surface area contributed by atoms with E-state index in [-0.39, 0.29) is 0 Å². The van der Waals surface area contributed by atoms with Gasteiger partial charge in [0.25, 0.3) is 0 Å². The van der Waals surface area contributed by atoms with Gasteiger partial charge in [-0.15, -0.1) is 0 Å². The molecule has 0 fully saturated rings. The van der Waals surface area contributed by atoms with E-state index in [1.54, 1.807) is 11.1 Å². The highest BCUT2D eigenvalue weighted by molar-refractivity contribution is 5.37. The minimum absolute atomic E-state index is 0.761. The Morgan fingerprint density at radius 2 is 1.67 bits per heavy atom. The number of hydrogen-bond acceptors (Lipinski definition) is 0. The van der Waals surface area contributed by atoms with Gasteiger partial charge >= 0.3 is 0 Å². The van der Waals surface area contributed by atoms with Gasteiger partial charge < -0.3 is 0 Å². The Hall–Kier alpha value is -1.04. The van der Waals surface area contributed by atoms with Crippen LogP contribution >= 0.6 is 0 Å². The molecule has 0 N–H and O–H groups in total. The normalized spacial score (nSPS) is 22.5. The van der Waals surface area contributed by atoms with Crippen molar-refractivity contribution < 1.29 is 0 Å². The molecule has 0 aliphatic heterocycles. The third-order valence-corrected chi connectivity index (χ3v) is 5.24. The Kier molecular flexibility index (Phi) is 11.6. The molecule has 0 amide bonds. The van der Waals surface area contributed by atoms with Crippen molar-refractivity contribution in [3.05, 3.63) is 47.6 Å². The monoisotopic (exact) mass is 328 g/mol. The van der Waals surface area contributed by atoms with Crippen molar-refractivity contribution >= 4 is 0 Å². The Labute approximate surface area is 151 Å². The van der Waals surface area contributed by atoms with Crippen molar-refractivity contribution in [2.75, 3.05) is 0 Å². The molecule has 0 heterocycles. The van der Waals surface area contributed by atoms with Gasteiger partial charge in [0.05, 0.1) is 0 Å². The van der Waals surface area contributed by atoms with E-state index in [2.05, 4.69) is 64.2 Å². The van der Waals surface area contributed by atoms with E-state index in [1.165, 1.54) is 57.8 Å². The zero-order valence-electron chi connectivity index (χ0n) is 16.7. The molecule has 2 unspecified atom stereocenters. The first-order chi connectivity index (χ1) is 11.8. The predicted octanol–water partition coefficient (Wildman–Crippen LogP) is 8.18. The summed E-state index contributed by atoms with van der Waals surface area (Å²) in [5, 5.41) is 0. The van der Waals surface area contributed by atoms with E-state index >= 15 is 0 Å². The smallest absolute Gasteiger partial charge is 0.0159 e. The third-order valence-electron chi connectivity index (χ3n) is 5.24. The zero-order valence-corrected chi connectivity index (χ0v) is 16.7. The average Bonchev–Trinajstić information content (AvgIpc) is 2.61. The minimum atomic E-state index is 0.761. The number of allylic oxidation sites excluding steroid dienone is 8. The molecule has 0 aromatic rings. The second-order valence-electron chi connectivity index (χ2n) is 7.24. The molecule has 136 valence electrons. The number of unbranched alkanes of at least 4 members (excludes halogenated alkanes) is 3. The molecule has 0 spiro atoms. The second-order valence-corrected chi connectivity index (χ2v) is 7.24. The Balaban J connectivity index is 2.86. The van der Waals surface area contributed by atoms with Crippen LogP contribution in [0.15, 0.2) is 47.6 Å². The van der Waals surface area contributed by atoms with Gasteiger partial charge in [0.15, 0.2) is 0 Å². The van der Waals surface area contributed by atoms with Gasteiger partial charge in [-0.3, -0.25) is 0 Å². The van der Waals surface area contributed by atoms with Crippen LogP contribution in [0.1, 0.15) is 91.9 Å². The summed E-state index contributed by atoms with van der Waals surface area (Å²) in [6.45, 7) is 9.22. The molecule has 0 saturated carbocycles. The Morgan fingerprint density at radius 3 is 2.33 bits per heavy atom. The van der Waals surface area contributed by atoms with Crippen LogP contribution in [-0.4, -0.2) is 0 Å². The lowest BCUT2D eigenvalue weighted by Gasteiger charge is -2.31. The molecule has 1 aliphatic rings. The van der Waals surface area contributed by atoms with E-state index < -0.39 is 0 Å². The lowest BCUT2D eigenvalue weighted by molar-refractivity contribution is 0.364. The first kappa shape index (κ1) is 21.0. The average molecular weight is 329 g/mol. The van der Waals surface area contributed by atoms with Crippen molar-refractivity contribution in [1.82, 2.24) is 0 Å². The largest absolute Gasteiger partial charge is 0.0882 e. The molecular formula is C24H40. The standard InChI is InChI=1S/C24H40/c1-5-9-11-13-14-15-17-23-20-21(7-3)19-22(8-4)24(23)18-16-12-10-6-2/h11,13,15-18,21-22H,5-10,12,14,19-20H2,1-4H3. The van der Waals surface area contributed by atoms with Crippen molar-refractivity contribution in [1.29, 1.82) is 0 Å². The summed E-state index contributed by atoms with van der Waals surface area (Å²) in [5.74, 6) is 1.63. The summed E-state index contributed by atoms with van der Waals surface area (Å²) in [6.07, 6.45) is 26.9. The van der Waals surface area contributed by atoms with Gasteiger partial charge in [-0.25, -0.2) is 0 Å². The maximum Gasteiger partial charge on any atom is -0.0159 e. The van der Waals surface area contributed by atoms with E-state index in [4.69, 9.17) is 0 Å². The third kappa shape index (κ3) is 7.69. The summed E-state index contributed by atoms with van der Waals surface area (Å²) in [6, 6.07) is 0.